The molecule has 4 rings (SSSR count). The van der Waals surface area contributed by atoms with Crippen molar-refractivity contribution < 1.29 is 9.15 Å². The van der Waals surface area contributed by atoms with Crippen LogP contribution in [0.15, 0.2) is 52.2 Å². The van der Waals surface area contributed by atoms with Crippen LogP contribution in [0.3, 0.4) is 0 Å². The van der Waals surface area contributed by atoms with E-state index in [0.29, 0.717) is 22.5 Å². The molecule has 0 amide bonds. The summed E-state index contributed by atoms with van der Waals surface area (Å²) in [6.07, 6.45) is 6.04. The lowest BCUT2D eigenvalue weighted by Gasteiger charge is -2.16. The Kier molecular flexibility index (Phi) is 5.58. The highest BCUT2D eigenvalue weighted by Crippen LogP contribution is 2.39. The molecule has 1 N–H and O–H groups in total. The van der Waals surface area contributed by atoms with E-state index in [1.54, 1.807) is 18.0 Å². The molecule has 0 fully saturated rings. The second kappa shape index (κ2) is 8.43. The van der Waals surface area contributed by atoms with Crippen LogP contribution in [0.4, 0.5) is 5.69 Å². The van der Waals surface area contributed by atoms with Gasteiger partial charge in [-0.2, -0.15) is 4.98 Å². The summed E-state index contributed by atoms with van der Waals surface area (Å²) in [5.41, 5.74) is 2.47. The number of hydrogen-bond acceptors (Lipinski definition) is 7. The Bertz CT molecular complexity index is 885. The largest absolute Gasteiger partial charge is 0.463 e. The first kappa shape index (κ1) is 17.9. The molecule has 3 heterocycles. The quantitative estimate of drug-likeness (QED) is 0.438. The van der Waals surface area contributed by atoms with Gasteiger partial charge >= 0.3 is 0 Å². The Morgan fingerprint density at radius 1 is 1.07 bits per heavy atom. The molecular weight excluding hydrogens is 360 g/mol. The number of ether oxygens (including phenoxy) is 1. The highest BCUT2D eigenvalue weighted by atomic mass is 32.2. The molecule has 140 valence electrons. The summed E-state index contributed by atoms with van der Waals surface area (Å²) in [6.45, 7) is 2.21. The maximum absolute atomic E-state index is 6.14. The molecule has 6 nitrogen and oxygen atoms in total. The van der Waals surface area contributed by atoms with Crippen LogP contribution in [-0.4, -0.2) is 20.9 Å². The van der Waals surface area contributed by atoms with E-state index in [-0.39, 0.29) is 0 Å². The number of nitrogens with zero attached hydrogens (tertiary/aromatic N) is 3. The van der Waals surface area contributed by atoms with E-state index < -0.39 is 6.23 Å². The summed E-state index contributed by atoms with van der Waals surface area (Å²) >= 11 is 1.62. The van der Waals surface area contributed by atoms with Gasteiger partial charge in [0.2, 0.25) is 17.3 Å². The SMILES string of the molecule is CCCCCCSc1nnc2c(n1)O[C@@H](c1ccco1)Nc1ccccc1-2. The molecule has 3 aromatic rings. The molecule has 0 aliphatic carbocycles. The van der Waals surface area contributed by atoms with Gasteiger partial charge in [0.1, 0.15) is 0 Å². The third kappa shape index (κ3) is 4.08. The average Bonchev–Trinajstić information content (AvgIpc) is 3.18. The lowest BCUT2D eigenvalue weighted by atomic mass is 10.1. The fourth-order valence-electron chi connectivity index (χ4n) is 2.97. The van der Waals surface area contributed by atoms with Gasteiger partial charge in [0.25, 0.3) is 0 Å². The van der Waals surface area contributed by atoms with Gasteiger partial charge in [-0.3, -0.25) is 0 Å². The van der Waals surface area contributed by atoms with Crippen LogP contribution in [0, 0.1) is 0 Å². The number of anilines is 1. The third-order valence-corrected chi connectivity index (χ3v) is 5.29. The smallest absolute Gasteiger partial charge is 0.247 e. The molecule has 0 spiro atoms. The van der Waals surface area contributed by atoms with Gasteiger partial charge in [0.15, 0.2) is 11.5 Å². The zero-order valence-corrected chi connectivity index (χ0v) is 16.0. The van der Waals surface area contributed by atoms with E-state index in [2.05, 4.69) is 27.4 Å². The minimum atomic E-state index is -0.471. The first-order valence-corrected chi connectivity index (χ1v) is 10.3. The highest BCUT2D eigenvalue weighted by Gasteiger charge is 2.27. The molecular formula is C20H22N4O2S. The van der Waals surface area contributed by atoms with Gasteiger partial charge in [0.05, 0.1) is 6.26 Å². The van der Waals surface area contributed by atoms with Crippen molar-refractivity contribution in [3.63, 3.8) is 0 Å². The Morgan fingerprint density at radius 2 is 2.00 bits per heavy atom. The van der Waals surface area contributed by atoms with Crippen LogP contribution in [-0.2, 0) is 0 Å². The lowest BCUT2D eigenvalue weighted by molar-refractivity contribution is 0.195. The van der Waals surface area contributed by atoms with E-state index >= 15 is 0 Å². The molecule has 1 aliphatic heterocycles. The zero-order chi connectivity index (χ0) is 18.5. The molecule has 27 heavy (non-hydrogen) atoms. The monoisotopic (exact) mass is 382 g/mol. The zero-order valence-electron chi connectivity index (χ0n) is 15.2. The summed E-state index contributed by atoms with van der Waals surface area (Å²) in [5, 5.41) is 12.7. The maximum atomic E-state index is 6.14. The molecule has 7 heteroatoms. The number of unbranched alkanes of at least 4 members (excludes halogenated alkanes) is 3. The number of furan rings is 1. The van der Waals surface area contributed by atoms with Crippen LogP contribution >= 0.6 is 11.8 Å². The number of fused-ring (bicyclic) bond motifs is 3. The van der Waals surface area contributed by atoms with Crippen LogP contribution in [0.1, 0.15) is 44.6 Å². The minimum absolute atomic E-state index is 0.471. The molecule has 0 saturated heterocycles. The lowest BCUT2D eigenvalue weighted by Crippen LogP contribution is -2.16. The van der Waals surface area contributed by atoms with E-state index in [1.807, 2.05) is 36.4 Å². The maximum Gasteiger partial charge on any atom is 0.247 e. The van der Waals surface area contributed by atoms with Crippen LogP contribution in [0.25, 0.3) is 11.3 Å². The van der Waals surface area contributed by atoms with Crippen LogP contribution in [0.2, 0.25) is 0 Å². The number of para-hydroxylation sites is 1. The van der Waals surface area contributed by atoms with Gasteiger partial charge in [0, 0.05) is 17.0 Å². The fourth-order valence-corrected chi connectivity index (χ4v) is 3.75. The summed E-state index contributed by atoms with van der Waals surface area (Å²) in [5.74, 6) is 2.14. The number of aromatic nitrogens is 3. The van der Waals surface area contributed by atoms with Crippen molar-refractivity contribution in [2.75, 3.05) is 11.1 Å². The van der Waals surface area contributed by atoms with Gasteiger partial charge in [-0.15, -0.1) is 10.2 Å². The number of rotatable bonds is 7. The molecule has 1 aromatic carbocycles. The van der Waals surface area contributed by atoms with Crippen molar-refractivity contribution in [1.82, 2.24) is 15.2 Å². The number of thioether (sulfide) groups is 1. The predicted molar refractivity (Wildman–Crippen MR) is 106 cm³/mol. The second-order valence-corrected chi connectivity index (χ2v) is 7.42. The summed E-state index contributed by atoms with van der Waals surface area (Å²) in [7, 11) is 0. The van der Waals surface area contributed by atoms with Crippen molar-refractivity contribution in [1.29, 1.82) is 0 Å². The molecule has 0 saturated carbocycles. The Hall–Kier alpha value is -2.54. The second-order valence-electron chi connectivity index (χ2n) is 6.36. The van der Waals surface area contributed by atoms with Gasteiger partial charge in [-0.25, -0.2) is 0 Å². The first-order chi connectivity index (χ1) is 13.3. The topological polar surface area (TPSA) is 73.1 Å². The fraction of sp³-hybridized carbons (Fsp3) is 0.350. The van der Waals surface area contributed by atoms with Crippen molar-refractivity contribution >= 4 is 17.4 Å². The van der Waals surface area contributed by atoms with E-state index in [9.17, 15) is 0 Å². The summed E-state index contributed by atoms with van der Waals surface area (Å²) in [4.78, 5) is 4.64. The van der Waals surface area contributed by atoms with E-state index in [0.717, 1.165) is 23.4 Å². The van der Waals surface area contributed by atoms with Gasteiger partial charge in [-0.1, -0.05) is 56.1 Å². The highest BCUT2D eigenvalue weighted by molar-refractivity contribution is 7.99. The van der Waals surface area contributed by atoms with E-state index in [4.69, 9.17) is 9.15 Å². The van der Waals surface area contributed by atoms with Crippen molar-refractivity contribution in [3.8, 4) is 17.1 Å². The van der Waals surface area contributed by atoms with Crippen molar-refractivity contribution in [2.24, 2.45) is 0 Å². The predicted octanol–water partition coefficient (Wildman–Crippen LogP) is 5.31. The van der Waals surface area contributed by atoms with Crippen LogP contribution < -0.4 is 10.1 Å². The van der Waals surface area contributed by atoms with Crippen LogP contribution in [0.5, 0.6) is 5.88 Å². The molecule has 0 unspecified atom stereocenters. The van der Waals surface area contributed by atoms with Gasteiger partial charge < -0.3 is 14.5 Å². The summed E-state index contributed by atoms with van der Waals surface area (Å²) < 4.78 is 11.7. The molecule has 1 aliphatic rings. The number of nitrogens with one attached hydrogen (secondary N) is 1. The normalized spacial score (nSPS) is 15.2. The average molecular weight is 382 g/mol. The van der Waals surface area contributed by atoms with E-state index in [1.165, 1.54) is 19.3 Å². The first-order valence-electron chi connectivity index (χ1n) is 9.28. The molecule has 0 bridgehead atoms. The Labute approximate surface area is 162 Å². The van der Waals surface area contributed by atoms with Crippen molar-refractivity contribution in [3.05, 3.63) is 48.4 Å². The summed E-state index contributed by atoms with van der Waals surface area (Å²) in [6, 6.07) is 11.6. The number of benzene rings is 1. The minimum Gasteiger partial charge on any atom is -0.463 e. The van der Waals surface area contributed by atoms with Crippen molar-refractivity contribution in [2.45, 2.75) is 44.0 Å². The molecule has 2 aromatic heterocycles. The Morgan fingerprint density at radius 3 is 2.85 bits per heavy atom. The third-order valence-electron chi connectivity index (χ3n) is 4.36. The standard InChI is InChI=1S/C20H22N4O2S/c1-2-3-4-7-13-27-20-22-19-17(23-24-20)14-9-5-6-10-15(14)21-18(26-19)16-11-8-12-25-16/h5-6,8-12,18,21H,2-4,7,13H2,1H3/t18-/m0/s1. The van der Waals surface area contributed by atoms with Gasteiger partial charge in [-0.05, 0) is 24.6 Å². The molecule has 0 radical (unpaired) electrons. The molecule has 1 atom stereocenters. The Balaban J connectivity index is 1.61. The number of hydrogen-bond donors (Lipinski definition) is 1.